The Morgan fingerprint density at radius 1 is 1.27 bits per heavy atom. The zero-order valence-electron chi connectivity index (χ0n) is 9.10. The maximum atomic E-state index is 9.56. The molecular weight excluding hydrogens is 192 g/mol. The molecule has 0 aliphatic rings. The lowest BCUT2D eigenvalue weighted by atomic mass is 9.99. The second-order valence-corrected chi connectivity index (χ2v) is 3.94. The molecule has 0 aliphatic carbocycles. The van der Waals surface area contributed by atoms with Crippen LogP contribution in [0.4, 0.5) is 0 Å². The normalized spacial score (nSPS) is 11.5. The molecular formula is C12H17O3. The lowest BCUT2D eigenvalue weighted by Crippen LogP contribution is -2.19. The van der Waals surface area contributed by atoms with E-state index >= 15 is 0 Å². The van der Waals surface area contributed by atoms with Crippen LogP contribution < -0.4 is 4.74 Å². The number of rotatable bonds is 5. The Hall–Kier alpha value is -1.06. The molecule has 0 saturated carbocycles. The fourth-order valence-corrected chi connectivity index (χ4v) is 1.23. The molecule has 0 heterocycles. The summed E-state index contributed by atoms with van der Waals surface area (Å²) in [4.78, 5) is 0. The first-order valence-electron chi connectivity index (χ1n) is 4.93. The summed E-state index contributed by atoms with van der Waals surface area (Å²) in [6.45, 7) is 3.76. The van der Waals surface area contributed by atoms with Gasteiger partial charge in [-0.3, -0.25) is 0 Å². The second-order valence-electron chi connectivity index (χ2n) is 3.94. The van der Waals surface area contributed by atoms with Crippen molar-refractivity contribution in [2.45, 2.75) is 19.4 Å². The van der Waals surface area contributed by atoms with Gasteiger partial charge in [-0.1, -0.05) is 12.1 Å². The Balaban J connectivity index is 2.56. The summed E-state index contributed by atoms with van der Waals surface area (Å²) in [5, 5.41) is 18.1. The number of aliphatic hydroxyl groups is 2. The van der Waals surface area contributed by atoms with Crippen molar-refractivity contribution in [3.05, 3.63) is 36.2 Å². The van der Waals surface area contributed by atoms with Gasteiger partial charge in [-0.15, -0.1) is 0 Å². The van der Waals surface area contributed by atoms with Crippen LogP contribution >= 0.6 is 0 Å². The first kappa shape index (κ1) is 12.0. The monoisotopic (exact) mass is 209 g/mol. The van der Waals surface area contributed by atoms with Crippen LogP contribution in [0, 0.1) is 6.42 Å². The van der Waals surface area contributed by atoms with Gasteiger partial charge in [-0.05, 0) is 31.5 Å². The molecule has 15 heavy (non-hydrogen) atoms. The van der Waals surface area contributed by atoms with Crippen LogP contribution in [0.25, 0.3) is 0 Å². The summed E-state index contributed by atoms with van der Waals surface area (Å²) in [5.41, 5.74) is 0.131. The number of hydrogen-bond acceptors (Lipinski definition) is 3. The van der Waals surface area contributed by atoms with E-state index in [-0.39, 0.29) is 6.61 Å². The molecule has 0 amide bonds. The summed E-state index contributed by atoms with van der Waals surface area (Å²) >= 11 is 0. The third-order valence-corrected chi connectivity index (χ3v) is 1.76. The zero-order chi connectivity index (χ0) is 11.3. The topological polar surface area (TPSA) is 49.7 Å². The molecule has 0 aliphatic heterocycles. The molecule has 0 unspecified atom stereocenters. The van der Waals surface area contributed by atoms with Gasteiger partial charge in [-0.25, -0.2) is 0 Å². The van der Waals surface area contributed by atoms with Gasteiger partial charge in [0.15, 0.2) is 0 Å². The minimum atomic E-state index is -0.812. The standard InChI is InChI=1S/C12H17O3/c1-12(2,14)9-10-3-5-11(6-4-10)15-8-7-13/h3-6,9,13-14H,7-8H2,1-2H3. The van der Waals surface area contributed by atoms with Gasteiger partial charge >= 0.3 is 0 Å². The predicted octanol–water partition coefficient (Wildman–Crippen LogP) is 1.38. The number of ether oxygens (including phenoxy) is 1. The Kier molecular flexibility index (Phi) is 4.12. The van der Waals surface area contributed by atoms with Gasteiger partial charge in [0.05, 0.1) is 12.2 Å². The van der Waals surface area contributed by atoms with E-state index in [2.05, 4.69) is 0 Å². The van der Waals surface area contributed by atoms with Gasteiger partial charge < -0.3 is 14.9 Å². The molecule has 3 heteroatoms. The molecule has 83 valence electrons. The van der Waals surface area contributed by atoms with Crippen LogP contribution in [0.5, 0.6) is 5.75 Å². The van der Waals surface area contributed by atoms with Crippen molar-refractivity contribution in [3.63, 3.8) is 0 Å². The van der Waals surface area contributed by atoms with E-state index in [0.29, 0.717) is 6.61 Å². The highest BCUT2D eigenvalue weighted by Crippen LogP contribution is 2.18. The van der Waals surface area contributed by atoms with E-state index in [9.17, 15) is 5.11 Å². The van der Waals surface area contributed by atoms with E-state index < -0.39 is 5.60 Å². The Morgan fingerprint density at radius 3 is 2.33 bits per heavy atom. The highest BCUT2D eigenvalue weighted by Gasteiger charge is 2.13. The van der Waals surface area contributed by atoms with E-state index in [1.807, 2.05) is 24.3 Å². The lowest BCUT2D eigenvalue weighted by molar-refractivity contribution is 0.119. The van der Waals surface area contributed by atoms with Crippen LogP contribution in [0.3, 0.4) is 0 Å². The minimum absolute atomic E-state index is 0.0115. The molecule has 0 bridgehead atoms. The molecule has 0 fully saturated rings. The molecule has 0 atom stereocenters. The second kappa shape index (κ2) is 5.14. The number of hydrogen-bond donors (Lipinski definition) is 2. The lowest BCUT2D eigenvalue weighted by Gasteiger charge is -2.16. The van der Waals surface area contributed by atoms with E-state index in [0.717, 1.165) is 11.3 Å². The van der Waals surface area contributed by atoms with Gasteiger partial charge in [0.25, 0.3) is 0 Å². The number of benzene rings is 1. The van der Waals surface area contributed by atoms with Crippen molar-refractivity contribution in [2.24, 2.45) is 0 Å². The van der Waals surface area contributed by atoms with Gasteiger partial charge in [-0.2, -0.15) is 0 Å². The fourth-order valence-electron chi connectivity index (χ4n) is 1.23. The SMILES string of the molecule is CC(C)(O)[CH]c1ccc(OCCO)cc1. The number of aliphatic hydroxyl groups excluding tert-OH is 1. The maximum absolute atomic E-state index is 9.56. The summed E-state index contributed by atoms with van der Waals surface area (Å²) in [6.07, 6.45) is 1.77. The van der Waals surface area contributed by atoms with Crippen LogP contribution in [0.2, 0.25) is 0 Å². The molecule has 3 nitrogen and oxygen atoms in total. The fraction of sp³-hybridized carbons (Fsp3) is 0.417. The summed E-state index contributed by atoms with van der Waals surface area (Å²) in [6, 6.07) is 7.36. The first-order valence-corrected chi connectivity index (χ1v) is 4.93. The summed E-state index contributed by atoms with van der Waals surface area (Å²) in [5.74, 6) is 0.719. The maximum Gasteiger partial charge on any atom is 0.119 e. The van der Waals surface area contributed by atoms with E-state index in [1.54, 1.807) is 20.3 Å². The van der Waals surface area contributed by atoms with Gasteiger partial charge in [0.1, 0.15) is 12.4 Å². The predicted molar refractivity (Wildman–Crippen MR) is 58.7 cm³/mol. The molecule has 1 aromatic carbocycles. The minimum Gasteiger partial charge on any atom is -0.491 e. The van der Waals surface area contributed by atoms with Crippen molar-refractivity contribution in [1.29, 1.82) is 0 Å². The van der Waals surface area contributed by atoms with Crippen molar-refractivity contribution in [1.82, 2.24) is 0 Å². The molecule has 1 radical (unpaired) electrons. The smallest absolute Gasteiger partial charge is 0.119 e. The third-order valence-electron chi connectivity index (χ3n) is 1.76. The van der Waals surface area contributed by atoms with E-state index in [1.165, 1.54) is 0 Å². The van der Waals surface area contributed by atoms with E-state index in [4.69, 9.17) is 9.84 Å². The molecule has 2 N–H and O–H groups in total. The largest absolute Gasteiger partial charge is 0.491 e. The quantitative estimate of drug-likeness (QED) is 0.770. The first-order chi connectivity index (χ1) is 7.01. The van der Waals surface area contributed by atoms with Crippen LogP contribution in [0.1, 0.15) is 19.4 Å². The van der Waals surface area contributed by atoms with Crippen LogP contribution in [-0.2, 0) is 0 Å². The Bertz CT molecular complexity index is 285. The average molecular weight is 209 g/mol. The third kappa shape index (κ3) is 4.81. The van der Waals surface area contributed by atoms with Crippen molar-refractivity contribution in [3.8, 4) is 5.75 Å². The van der Waals surface area contributed by atoms with Crippen molar-refractivity contribution < 1.29 is 14.9 Å². The molecule has 1 aromatic rings. The Labute approximate surface area is 90.3 Å². The molecule has 1 rings (SSSR count). The highest BCUT2D eigenvalue weighted by molar-refractivity contribution is 5.32. The highest BCUT2D eigenvalue weighted by atomic mass is 16.5. The summed E-state index contributed by atoms with van der Waals surface area (Å²) < 4.78 is 5.21. The Morgan fingerprint density at radius 2 is 1.87 bits per heavy atom. The summed E-state index contributed by atoms with van der Waals surface area (Å²) in [7, 11) is 0. The average Bonchev–Trinajstić information content (AvgIpc) is 2.14. The van der Waals surface area contributed by atoms with Crippen LogP contribution in [0.15, 0.2) is 24.3 Å². The van der Waals surface area contributed by atoms with Gasteiger partial charge in [0, 0.05) is 6.42 Å². The van der Waals surface area contributed by atoms with Crippen molar-refractivity contribution in [2.75, 3.05) is 13.2 Å². The molecule has 0 saturated heterocycles. The zero-order valence-corrected chi connectivity index (χ0v) is 9.10. The van der Waals surface area contributed by atoms with Crippen molar-refractivity contribution >= 4 is 0 Å². The van der Waals surface area contributed by atoms with Gasteiger partial charge in [0.2, 0.25) is 0 Å². The molecule has 0 spiro atoms. The van der Waals surface area contributed by atoms with Crippen LogP contribution in [-0.4, -0.2) is 29.0 Å². The molecule has 0 aromatic heterocycles.